The minimum absolute atomic E-state index is 0.102. The highest BCUT2D eigenvalue weighted by molar-refractivity contribution is 5.91. The number of aryl methyl sites for hydroxylation is 4. The summed E-state index contributed by atoms with van der Waals surface area (Å²) < 4.78 is 41.4. The molecule has 0 saturated carbocycles. The first-order chi connectivity index (χ1) is 25.5. The third-order valence-corrected chi connectivity index (χ3v) is 9.06. The monoisotopic (exact) mass is 722 g/mol. The van der Waals surface area contributed by atoms with Crippen molar-refractivity contribution in [1.82, 2.24) is 0 Å². The lowest BCUT2D eigenvalue weighted by Gasteiger charge is -2.20. The Balaban J connectivity index is 1.13. The van der Waals surface area contributed by atoms with E-state index in [1.165, 1.54) is 0 Å². The fourth-order valence-corrected chi connectivity index (χ4v) is 5.90. The molecule has 11 heteroatoms. The highest BCUT2D eigenvalue weighted by atomic mass is 16.8. The first kappa shape index (κ1) is 37.4. The molecule has 4 aromatic carbocycles. The standard InChI is InChI=1S/C42H42O11/c1-25-5-13-29(14-6-25)39(43)47-23-35-33(51-41(45)31-17-9-27(3)10-18-31)21-37(49-35)53-38-22-34(52-42(46)32-19-11-28(4)12-20-32)36(50-38)24-48-40(44)30-15-7-26(2)8-16-30/h5-20,33-38H,21-24H2,1-4H3/t33-,34-,35-,36-,37-,38+/m0/s1. The molecule has 2 aliphatic heterocycles. The molecule has 2 fully saturated rings. The number of carbonyl (C=O) groups excluding carboxylic acids is 4. The van der Waals surface area contributed by atoms with Crippen LogP contribution in [0.2, 0.25) is 0 Å². The van der Waals surface area contributed by atoms with Gasteiger partial charge in [0.2, 0.25) is 0 Å². The van der Waals surface area contributed by atoms with Gasteiger partial charge in [-0.05, 0) is 76.2 Å². The molecule has 53 heavy (non-hydrogen) atoms. The van der Waals surface area contributed by atoms with Crippen LogP contribution in [0.1, 0.15) is 76.5 Å². The Kier molecular flexibility index (Phi) is 12.0. The molecule has 0 aliphatic carbocycles. The molecule has 2 saturated heterocycles. The van der Waals surface area contributed by atoms with E-state index in [1.54, 1.807) is 48.5 Å². The summed E-state index contributed by atoms with van der Waals surface area (Å²) in [6.07, 6.45) is -5.05. The SMILES string of the molecule is Cc1ccc(C(=O)OC[C@@H]2O[C@@H](O[C@@H]3C[C@H](OC(=O)c4ccc(C)cc4)[C@H](COC(=O)c4ccc(C)cc4)O3)C[C@@H]2OC(=O)c2ccc(C)cc2)cc1. The zero-order valence-electron chi connectivity index (χ0n) is 30.0. The first-order valence-corrected chi connectivity index (χ1v) is 17.5. The van der Waals surface area contributed by atoms with Crippen LogP contribution in [0, 0.1) is 27.7 Å². The summed E-state index contributed by atoms with van der Waals surface area (Å²) in [6.45, 7) is 7.24. The second-order valence-corrected chi connectivity index (χ2v) is 13.4. The number of esters is 4. The lowest BCUT2D eigenvalue weighted by molar-refractivity contribution is -0.237. The fraction of sp³-hybridized carbons (Fsp3) is 0.333. The maximum Gasteiger partial charge on any atom is 0.338 e. The predicted molar refractivity (Wildman–Crippen MR) is 191 cm³/mol. The van der Waals surface area contributed by atoms with E-state index >= 15 is 0 Å². The third kappa shape index (κ3) is 9.95. The second kappa shape index (κ2) is 17.0. The third-order valence-electron chi connectivity index (χ3n) is 9.06. The van der Waals surface area contributed by atoms with Gasteiger partial charge in [0.1, 0.15) is 37.6 Å². The van der Waals surface area contributed by atoms with E-state index in [2.05, 4.69) is 0 Å². The molecule has 0 N–H and O–H groups in total. The van der Waals surface area contributed by atoms with Crippen LogP contribution in [0.15, 0.2) is 97.1 Å². The molecule has 0 spiro atoms. The Labute approximate surface area is 308 Å². The molecular weight excluding hydrogens is 680 g/mol. The number of hydrogen-bond donors (Lipinski definition) is 0. The summed E-state index contributed by atoms with van der Waals surface area (Å²) in [6, 6.07) is 27.8. The lowest BCUT2D eigenvalue weighted by Crippen LogP contribution is -2.32. The van der Waals surface area contributed by atoms with Crippen molar-refractivity contribution in [3.05, 3.63) is 142 Å². The van der Waals surface area contributed by atoms with Gasteiger partial charge in [0, 0.05) is 12.8 Å². The van der Waals surface area contributed by atoms with Crippen molar-refractivity contribution in [2.24, 2.45) is 0 Å². The normalized spacial score (nSPS) is 22.2. The van der Waals surface area contributed by atoms with Gasteiger partial charge in [-0.25, -0.2) is 19.2 Å². The van der Waals surface area contributed by atoms with Crippen LogP contribution in [0.3, 0.4) is 0 Å². The Hall–Kier alpha value is -5.36. The van der Waals surface area contributed by atoms with Gasteiger partial charge in [-0.1, -0.05) is 70.8 Å². The molecule has 276 valence electrons. The van der Waals surface area contributed by atoms with E-state index < -0.39 is 60.9 Å². The minimum Gasteiger partial charge on any atom is -0.459 e. The van der Waals surface area contributed by atoms with Crippen molar-refractivity contribution in [3.63, 3.8) is 0 Å². The Morgan fingerprint density at radius 2 is 0.755 bits per heavy atom. The summed E-state index contributed by atoms with van der Waals surface area (Å²) in [7, 11) is 0. The van der Waals surface area contributed by atoms with Crippen molar-refractivity contribution in [3.8, 4) is 0 Å². The molecule has 2 heterocycles. The number of hydrogen-bond acceptors (Lipinski definition) is 11. The van der Waals surface area contributed by atoms with Crippen LogP contribution in [-0.4, -0.2) is 74.1 Å². The number of benzene rings is 4. The van der Waals surface area contributed by atoms with Gasteiger partial charge in [0.15, 0.2) is 12.6 Å². The summed E-state index contributed by atoms with van der Waals surface area (Å²) in [5, 5.41) is 0. The van der Waals surface area contributed by atoms with Gasteiger partial charge in [-0.15, -0.1) is 0 Å². The van der Waals surface area contributed by atoms with Crippen molar-refractivity contribution in [1.29, 1.82) is 0 Å². The van der Waals surface area contributed by atoms with Crippen LogP contribution in [-0.2, 0) is 33.2 Å². The van der Waals surface area contributed by atoms with Crippen molar-refractivity contribution in [2.45, 2.75) is 77.5 Å². The largest absolute Gasteiger partial charge is 0.459 e. The topological polar surface area (TPSA) is 133 Å². The molecular formula is C42H42O11. The fourth-order valence-electron chi connectivity index (χ4n) is 5.90. The molecule has 6 rings (SSSR count). The zero-order chi connectivity index (χ0) is 37.5. The lowest BCUT2D eigenvalue weighted by atomic mass is 10.1. The van der Waals surface area contributed by atoms with E-state index in [9.17, 15) is 19.2 Å². The Morgan fingerprint density at radius 1 is 0.472 bits per heavy atom. The average molecular weight is 723 g/mol. The molecule has 0 unspecified atom stereocenters. The highest BCUT2D eigenvalue weighted by Gasteiger charge is 2.45. The van der Waals surface area contributed by atoms with Gasteiger partial charge < -0.3 is 33.2 Å². The van der Waals surface area contributed by atoms with E-state index in [0.717, 1.165) is 22.3 Å². The van der Waals surface area contributed by atoms with Crippen LogP contribution in [0.4, 0.5) is 0 Å². The molecule has 0 bridgehead atoms. The predicted octanol–water partition coefficient (Wildman–Crippen LogP) is 6.63. The van der Waals surface area contributed by atoms with Crippen molar-refractivity contribution >= 4 is 23.9 Å². The van der Waals surface area contributed by atoms with E-state index in [0.29, 0.717) is 22.3 Å². The van der Waals surface area contributed by atoms with Gasteiger partial charge in [-0.3, -0.25) is 0 Å². The van der Waals surface area contributed by atoms with Gasteiger partial charge >= 0.3 is 23.9 Å². The maximum atomic E-state index is 13.1. The molecule has 6 atom stereocenters. The number of ether oxygens (including phenoxy) is 7. The Bertz CT molecular complexity index is 1750. The van der Waals surface area contributed by atoms with Gasteiger partial charge in [0.05, 0.1) is 22.3 Å². The summed E-state index contributed by atoms with van der Waals surface area (Å²) in [5.41, 5.74) is 5.42. The van der Waals surface area contributed by atoms with Gasteiger partial charge in [-0.2, -0.15) is 0 Å². The quantitative estimate of drug-likeness (QED) is 0.115. The Morgan fingerprint density at radius 3 is 1.06 bits per heavy atom. The summed E-state index contributed by atoms with van der Waals surface area (Å²) >= 11 is 0. The van der Waals surface area contributed by atoms with Crippen LogP contribution < -0.4 is 0 Å². The molecule has 4 aromatic rings. The summed E-state index contributed by atoms with van der Waals surface area (Å²) in [5.74, 6) is -2.24. The van der Waals surface area contributed by atoms with Crippen LogP contribution >= 0.6 is 0 Å². The zero-order valence-corrected chi connectivity index (χ0v) is 30.0. The molecule has 0 aromatic heterocycles. The van der Waals surface area contributed by atoms with Crippen LogP contribution in [0.5, 0.6) is 0 Å². The van der Waals surface area contributed by atoms with E-state index in [1.807, 2.05) is 76.2 Å². The van der Waals surface area contributed by atoms with Crippen molar-refractivity contribution < 1.29 is 52.3 Å². The highest BCUT2D eigenvalue weighted by Crippen LogP contribution is 2.32. The average Bonchev–Trinajstić information content (AvgIpc) is 3.72. The van der Waals surface area contributed by atoms with E-state index in [4.69, 9.17) is 33.2 Å². The molecule has 0 radical (unpaired) electrons. The van der Waals surface area contributed by atoms with E-state index in [-0.39, 0.29) is 26.1 Å². The van der Waals surface area contributed by atoms with Crippen molar-refractivity contribution in [2.75, 3.05) is 13.2 Å². The number of rotatable bonds is 12. The molecule has 11 nitrogen and oxygen atoms in total. The van der Waals surface area contributed by atoms with Gasteiger partial charge in [0.25, 0.3) is 0 Å². The number of carbonyl (C=O) groups is 4. The maximum absolute atomic E-state index is 13.1. The van der Waals surface area contributed by atoms with Crippen LogP contribution in [0.25, 0.3) is 0 Å². The molecule has 2 aliphatic rings. The molecule has 0 amide bonds. The second-order valence-electron chi connectivity index (χ2n) is 13.4. The minimum atomic E-state index is -0.943. The smallest absolute Gasteiger partial charge is 0.338 e. The first-order valence-electron chi connectivity index (χ1n) is 17.5. The summed E-state index contributed by atoms with van der Waals surface area (Å²) in [4.78, 5) is 51.9.